The highest BCUT2D eigenvalue weighted by molar-refractivity contribution is 6.58. The zero-order valence-electron chi connectivity index (χ0n) is 11.3. The van der Waals surface area contributed by atoms with Crippen molar-refractivity contribution in [1.82, 2.24) is 9.80 Å². The van der Waals surface area contributed by atoms with E-state index in [1.807, 2.05) is 7.05 Å². The van der Waals surface area contributed by atoms with Gasteiger partial charge >= 0.3 is 7.12 Å². The Kier molecular flexibility index (Phi) is 4.24. The van der Waals surface area contributed by atoms with Gasteiger partial charge in [0.1, 0.15) is 0 Å². The Labute approximate surface area is 113 Å². The molecule has 2 rings (SSSR count). The first-order valence-corrected chi connectivity index (χ1v) is 6.41. The molecule has 0 radical (unpaired) electrons. The highest BCUT2D eigenvalue weighted by Gasteiger charge is 2.27. The Morgan fingerprint density at radius 2 is 2.00 bits per heavy atom. The van der Waals surface area contributed by atoms with Crippen LogP contribution in [0.15, 0.2) is 24.3 Å². The van der Waals surface area contributed by atoms with Crippen molar-refractivity contribution in [2.45, 2.75) is 12.5 Å². The molecule has 0 spiro atoms. The fourth-order valence-corrected chi connectivity index (χ4v) is 2.40. The summed E-state index contributed by atoms with van der Waals surface area (Å²) in [5.74, 6) is -0.0284. The number of hydrogen-bond acceptors (Lipinski definition) is 4. The Balaban J connectivity index is 2.06. The zero-order valence-corrected chi connectivity index (χ0v) is 11.3. The molecule has 0 bridgehead atoms. The number of likely N-dealkylation sites (tertiary alicyclic amines) is 1. The van der Waals surface area contributed by atoms with Crippen LogP contribution in [0.5, 0.6) is 0 Å². The smallest absolute Gasteiger partial charge is 0.423 e. The van der Waals surface area contributed by atoms with Gasteiger partial charge in [-0.25, -0.2) is 0 Å². The summed E-state index contributed by atoms with van der Waals surface area (Å²) in [5.41, 5.74) is 0.959. The quantitative estimate of drug-likeness (QED) is 0.696. The largest absolute Gasteiger partial charge is 0.488 e. The summed E-state index contributed by atoms with van der Waals surface area (Å²) in [5, 5.41) is 18.0. The van der Waals surface area contributed by atoms with Gasteiger partial charge in [0.2, 0.25) is 0 Å². The molecule has 5 nitrogen and oxygen atoms in total. The number of amides is 1. The number of carbonyl (C=O) groups excluding carboxylic acids is 1. The SMILES string of the molecule is CN1CCC(N(C)C(=O)c2ccc(B(O)O)cc2)C1. The normalized spacial score (nSPS) is 19.5. The van der Waals surface area contributed by atoms with Crippen LogP contribution in [0.2, 0.25) is 0 Å². The third kappa shape index (κ3) is 3.15. The van der Waals surface area contributed by atoms with E-state index >= 15 is 0 Å². The fourth-order valence-electron chi connectivity index (χ4n) is 2.40. The highest BCUT2D eigenvalue weighted by Crippen LogP contribution is 2.15. The summed E-state index contributed by atoms with van der Waals surface area (Å²) < 4.78 is 0. The molecule has 0 aromatic heterocycles. The van der Waals surface area contributed by atoms with Crippen molar-refractivity contribution in [2.24, 2.45) is 0 Å². The third-order valence-corrected chi connectivity index (χ3v) is 3.69. The molecule has 1 unspecified atom stereocenters. The molecule has 19 heavy (non-hydrogen) atoms. The summed E-state index contributed by atoms with van der Waals surface area (Å²) in [7, 11) is 2.38. The lowest BCUT2D eigenvalue weighted by molar-refractivity contribution is 0.0737. The van der Waals surface area contributed by atoms with Crippen LogP contribution in [-0.2, 0) is 0 Å². The molecular formula is C13H19BN2O3. The number of likely N-dealkylation sites (N-methyl/N-ethyl adjacent to an activating group) is 2. The van der Waals surface area contributed by atoms with Crippen LogP contribution < -0.4 is 5.46 Å². The van der Waals surface area contributed by atoms with Gasteiger partial charge in [-0.1, -0.05) is 12.1 Å². The molecule has 6 heteroatoms. The van der Waals surface area contributed by atoms with Crippen LogP contribution in [0, 0.1) is 0 Å². The van der Waals surface area contributed by atoms with Crippen molar-refractivity contribution in [3.63, 3.8) is 0 Å². The topological polar surface area (TPSA) is 64.0 Å². The zero-order chi connectivity index (χ0) is 14.0. The summed E-state index contributed by atoms with van der Waals surface area (Å²) >= 11 is 0. The Hall–Kier alpha value is -1.37. The van der Waals surface area contributed by atoms with E-state index in [0.29, 0.717) is 11.0 Å². The monoisotopic (exact) mass is 262 g/mol. The van der Waals surface area contributed by atoms with Gasteiger partial charge in [0.05, 0.1) is 0 Å². The molecule has 1 saturated heterocycles. The number of benzene rings is 1. The minimum absolute atomic E-state index is 0.0284. The maximum absolute atomic E-state index is 12.3. The second-order valence-electron chi connectivity index (χ2n) is 5.12. The van der Waals surface area contributed by atoms with E-state index in [9.17, 15) is 4.79 Å². The van der Waals surface area contributed by atoms with Gasteiger partial charge in [0.25, 0.3) is 5.91 Å². The summed E-state index contributed by atoms with van der Waals surface area (Å²) in [4.78, 5) is 16.3. The van der Waals surface area contributed by atoms with Crippen molar-refractivity contribution < 1.29 is 14.8 Å². The first kappa shape index (κ1) is 14.1. The average molecular weight is 262 g/mol. The minimum atomic E-state index is -1.50. The van der Waals surface area contributed by atoms with E-state index in [2.05, 4.69) is 11.9 Å². The highest BCUT2D eigenvalue weighted by atomic mass is 16.4. The predicted octanol–water partition coefficient (Wildman–Crippen LogP) is -0.857. The number of hydrogen-bond donors (Lipinski definition) is 2. The molecule has 1 aliphatic rings. The summed E-state index contributed by atoms with van der Waals surface area (Å²) in [6, 6.07) is 6.64. The van der Waals surface area contributed by atoms with Crippen molar-refractivity contribution in [3.05, 3.63) is 29.8 Å². The third-order valence-electron chi connectivity index (χ3n) is 3.69. The molecule has 102 valence electrons. The Morgan fingerprint density at radius 1 is 1.37 bits per heavy atom. The Morgan fingerprint density at radius 3 is 2.47 bits per heavy atom. The van der Waals surface area contributed by atoms with Gasteiger partial charge in [-0.05, 0) is 37.6 Å². The van der Waals surface area contributed by atoms with Crippen molar-refractivity contribution >= 4 is 18.5 Å². The van der Waals surface area contributed by atoms with Crippen molar-refractivity contribution in [3.8, 4) is 0 Å². The van der Waals surface area contributed by atoms with Crippen molar-refractivity contribution in [1.29, 1.82) is 0 Å². The van der Waals surface area contributed by atoms with E-state index < -0.39 is 7.12 Å². The van der Waals surface area contributed by atoms with E-state index in [4.69, 9.17) is 10.0 Å². The van der Waals surface area contributed by atoms with E-state index in [1.165, 1.54) is 0 Å². The van der Waals surface area contributed by atoms with Gasteiger partial charge in [0, 0.05) is 25.2 Å². The first-order valence-electron chi connectivity index (χ1n) is 6.41. The molecule has 1 amide bonds. The van der Waals surface area contributed by atoms with Crippen molar-refractivity contribution in [2.75, 3.05) is 27.2 Å². The molecule has 1 aromatic carbocycles. The molecule has 0 aliphatic carbocycles. The number of carbonyl (C=O) groups is 1. The standard InChI is InChI=1S/C13H19BN2O3/c1-15-8-7-12(9-15)16(2)13(17)10-3-5-11(6-4-10)14(18)19/h3-6,12,18-19H,7-9H2,1-2H3. The van der Waals surface area contributed by atoms with Gasteiger partial charge in [-0.2, -0.15) is 0 Å². The average Bonchev–Trinajstić information content (AvgIpc) is 2.84. The maximum atomic E-state index is 12.3. The number of rotatable bonds is 3. The minimum Gasteiger partial charge on any atom is -0.423 e. The second kappa shape index (κ2) is 5.73. The van der Waals surface area contributed by atoms with Gasteiger partial charge in [-0.3, -0.25) is 4.79 Å². The molecule has 1 aliphatic heterocycles. The molecule has 0 saturated carbocycles. The van der Waals surface area contributed by atoms with Crippen LogP contribution in [0.3, 0.4) is 0 Å². The molecule has 1 aromatic rings. The second-order valence-corrected chi connectivity index (χ2v) is 5.12. The molecule has 1 heterocycles. The van der Waals surface area contributed by atoms with Crippen LogP contribution in [0.25, 0.3) is 0 Å². The van der Waals surface area contributed by atoms with Crippen LogP contribution >= 0.6 is 0 Å². The van der Waals surface area contributed by atoms with E-state index in [0.717, 1.165) is 19.5 Å². The first-order chi connectivity index (χ1) is 8.99. The molecule has 1 atom stereocenters. The predicted molar refractivity (Wildman–Crippen MR) is 74.3 cm³/mol. The van der Waals surface area contributed by atoms with Crippen LogP contribution in [0.1, 0.15) is 16.8 Å². The molecular weight excluding hydrogens is 243 g/mol. The molecule has 1 fully saturated rings. The summed E-state index contributed by atoms with van der Waals surface area (Å²) in [6.07, 6.45) is 0.992. The molecule has 2 N–H and O–H groups in total. The maximum Gasteiger partial charge on any atom is 0.488 e. The van der Waals surface area contributed by atoms with E-state index in [-0.39, 0.29) is 11.9 Å². The lowest BCUT2D eigenvalue weighted by atomic mass is 9.80. The van der Waals surface area contributed by atoms with Crippen LogP contribution in [-0.4, -0.2) is 66.1 Å². The van der Waals surface area contributed by atoms with Gasteiger partial charge in [0.15, 0.2) is 0 Å². The summed E-state index contributed by atoms with van der Waals surface area (Å²) in [6.45, 7) is 1.91. The lowest BCUT2D eigenvalue weighted by Gasteiger charge is -2.24. The number of nitrogens with zero attached hydrogens (tertiary/aromatic N) is 2. The Bertz CT molecular complexity index is 450. The van der Waals surface area contributed by atoms with E-state index in [1.54, 1.807) is 29.2 Å². The van der Waals surface area contributed by atoms with Gasteiger partial charge < -0.3 is 19.8 Å². The fraction of sp³-hybridized carbons (Fsp3) is 0.462. The van der Waals surface area contributed by atoms with Gasteiger partial charge in [-0.15, -0.1) is 0 Å². The lowest BCUT2D eigenvalue weighted by Crippen LogP contribution is -2.38. The van der Waals surface area contributed by atoms with Crippen LogP contribution in [0.4, 0.5) is 0 Å².